The molecule has 0 aliphatic carbocycles. The lowest BCUT2D eigenvalue weighted by Crippen LogP contribution is -1.96. The quantitative estimate of drug-likeness (QED) is 0.516. The predicted octanol–water partition coefficient (Wildman–Crippen LogP) is 6.78. The molecule has 0 bridgehead atoms. The lowest BCUT2D eigenvalue weighted by atomic mass is 10.0. The second-order valence-corrected chi connectivity index (χ2v) is 7.95. The van der Waals surface area contributed by atoms with Crippen molar-refractivity contribution in [1.82, 2.24) is 4.98 Å². The van der Waals surface area contributed by atoms with Gasteiger partial charge in [0.05, 0.1) is 0 Å². The molecule has 0 atom stereocenters. The van der Waals surface area contributed by atoms with Crippen LogP contribution < -0.4 is 5.32 Å². The molecular formula is C23H34N2. The number of hydrogen-bond acceptors (Lipinski definition) is 2. The van der Waals surface area contributed by atoms with Gasteiger partial charge in [0.25, 0.3) is 0 Å². The van der Waals surface area contributed by atoms with Gasteiger partial charge in [-0.15, -0.1) is 0 Å². The number of pyridine rings is 1. The molecule has 1 N–H and O–H groups in total. The number of nitrogens with one attached hydrogen (secondary N) is 1. The van der Waals surface area contributed by atoms with Gasteiger partial charge in [0, 0.05) is 11.9 Å². The zero-order valence-electron chi connectivity index (χ0n) is 16.4. The topological polar surface area (TPSA) is 24.9 Å². The van der Waals surface area contributed by atoms with Crippen LogP contribution in [0.2, 0.25) is 0 Å². The second-order valence-electron chi connectivity index (χ2n) is 7.95. The molecule has 0 amide bonds. The summed E-state index contributed by atoms with van der Waals surface area (Å²) in [6.45, 7) is 9.13. The number of rotatable bonds is 10. The monoisotopic (exact) mass is 338 g/mol. The van der Waals surface area contributed by atoms with Crippen molar-refractivity contribution < 1.29 is 0 Å². The molecule has 25 heavy (non-hydrogen) atoms. The third kappa shape index (κ3) is 7.72. The summed E-state index contributed by atoms with van der Waals surface area (Å²) in [5.74, 6) is 2.49. The normalized spacial score (nSPS) is 11.3. The lowest BCUT2D eigenvalue weighted by molar-refractivity contribution is 0.555. The van der Waals surface area contributed by atoms with Gasteiger partial charge in [0.2, 0.25) is 0 Å². The Morgan fingerprint density at radius 2 is 1.32 bits per heavy atom. The molecule has 2 nitrogen and oxygen atoms in total. The highest BCUT2D eigenvalue weighted by Crippen LogP contribution is 2.18. The summed E-state index contributed by atoms with van der Waals surface area (Å²) >= 11 is 0. The van der Waals surface area contributed by atoms with E-state index in [1.54, 1.807) is 0 Å². The van der Waals surface area contributed by atoms with E-state index in [-0.39, 0.29) is 0 Å². The molecule has 1 heterocycles. The molecule has 0 aliphatic rings. The first kappa shape index (κ1) is 19.5. The Morgan fingerprint density at radius 3 is 1.84 bits per heavy atom. The third-order valence-electron chi connectivity index (χ3n) is 4.54. The van der Waals surface area contributed by atoms with Crippen LogP contribution in [0, 0.1) is 11.8 Å². The smallest absolute Gasteiger partial charge is 0.130 e. The third-order valence-corrected chi connectivity index (χ3v) is 4.54. The minimum Gasteiger partial charge on any atom is -0.340 e. The fraction of sp³-hybridized carbons (Fsp3) is 0.522. The maximum atomic E-state index is 4.55. The molecule has 0 unspecified atom stereocenters. The van der Waals surface area contributed by atoms with E-state index in [1.807, 2.05) is 6.20 Å². The summed E-state index contributed by atoms with van der Waals surface area (Å²) in [6, 6.07) is 13.0. The average Bonchev–Trinajstić information content (AvgIpc) is 2.57. The summed E-state index contributed by atoms with van der Waals surface area (Å²) in [5, 5.41) is 3.40. The van der Waals surface area contributed by atoms with Crippen molar-refractivity contribution in [2.24, 2.45) is 11.8 Å². The first-order valence-electron chi connectivity index (χ1n) is 9.84. The summed E-state index contributed by atoms with van der Waals surface area (Å²) in [4.78, 5) is 4.55. The minimum absolute atomic E-state index is 0.780. The molecule has 1 aromatic heterocycles. The van der Waals surface area contributed by atoms with Crippen LogP contribution in [0.15, 0.2) is 42.6 Å². The summed E-state index contributed by atoms with van der Waals surface area (Å²) < 4.78 is 0. The van der Waals surface area contributed by atoms with Crippen LogP contribution in [0.4, 0.5) is 11.5 Å². The highest BCUT2D eigenvalue weighted by Gasteiger charge is 2.01. The van der Waals surface area contributed by atoms with Crippen LogP contribution in [-0.4, -0.2) is 4.98 Å². The molecule has 0 radical (unpaired) electrons. The molecule has 2 aromatic rings. The van der Waals surface area contributed by atoms with E-state index in [9.17, 15) is 0 Å². The zero-order valence-corrected chi connectivity index (χ0v) is 16.4. The van der Waals surface area contributed by atoms with E-state index in [0.717, 1.165) is 29.8 Å². The first-order chi connectivity index (χ1) is 12.0. The van der Waals surface area contributed by atoms with E-state index in [2.05, 4.69) is 74.4 Å². The SMILES string of the molecule is CC(C)CCCc1ccc(Nc2ccc(CCCC(C)C)cn2)cc1. The molecule has 2 rings (SSSR count). The molecule has 0 aliphatic heterocycles. The number of anilines is 2. The molecule has 1 aromatic carbocycles. The van der Waals surface area contributed by atoms with Crippen molar-refractivity contribution in [2.75, 3.05) is 5.32 Å². The highest BCUT2D eigenvalue weighted by atomic mass is 15.0. The van der Waals surface area contributed by atoms with Crippen LogP contribution in [0.25, 0.3) is 0 Å². The first-order valence-corrected chi connectivity index (χ1v) is 9.84. The molecule has 2 heteroatoms. The predicted molar refractivity (Wildman–Crippen MR) is 110 cm³/mol. The Labute approximate surface area is 154 Å². The Morgan fingerprint density at radius 1 is 0.760 bits per heavy atom. The maximum absolute atomic E-state index is 4.55. The van der Waals surface area contributed by atoms with Crippen molar-refractivity contribution in [3.63, 3.8) is 0 Å². The second kappa shape index (κ2) is 10.2. The Bertz CT molecular complexity index is 541. The molecule has 0 spiro atoms. The van der Waals surface area contributed by atoms with Crippen LogP contribution in [0.1, 0.15) is 64.5 Å². The Hall–Kier alpha value is -1.83. The van der Waals surface area contributed by atoms with Crippen LogP contribution in [0.3, 0.4) is 0 Å². The molecule has 136 valence electrons. The van der Waals surface area contributed by atoms with E-state index >= 15 is 0 Å². The summed E-state index contributed by atoms with van der Waals surface area (Å²) in [5.41, 5.74) is 3.85. The van der Waals surface area contributed by atoms with Gasteiger partial charge in [0.15, 0.2) is 0 Å². The molecule has 0 saturated heterocycles. The fourth-order valence-corrected chi connectivity index (χ4v) is 2.98. The van der Waals surface area contributed by atoms with Gasteiger partial charge in [-0.1, -0.05) is 58.7 Å². The van der Waals surface area contributed by atoms with E-state index in [4.69, 9.17) is 0 Å². The largest absolute Gasteiger partial charge is 0.340 e. The van der Waals surface area contributed by atoms with Crippen molar-refractivity contribution >= 4 is 11.5 Å². The fourth-order valence-electron chi connectivity index (χ4n) is 2.98. The zero-order chi connectivity index (χ0) is 18.1. The average molecular weight is 339 g/mol. The van der Waals surface area contributed by atoms with Gasteiger partial charge in [0.1, 0.15) is 5.82 Å². The van der Waals surface area contributed by atoms with Gasteiger partial charge in [-0.2, -0.15) is 0 Å². The van der Waals surface area contributed by atoms with Gasteiger partial charge in [-0.25, -0.2) is 4.98 Å². The van der Waals surface area contributed by atoms with E-state index in [0.29, 0.717) is 0 Å². The van der Waals surface area contributed by atoms with E-state index < -0.39 is 0 Å². The molecule has 0 saturated carbocycles. The number of hydrogen-bond donors (Lipinski definition) is 1. The summed E-state index contributed by atoms with van der Waals surface area (Å²) in [6.07, 6.45) is 9.38. The van der Waals surface area contributed by atoms with Gasteiger partial charge < -0.3 is 5.32 Å². The highest BCUT2D eigenvalue weighted by molar-refractivity contribution is 5.56. The lowest BCUT2D eigenvalue weighted by Gasteiger charge is -2.09. The van der Waals surface area contributed by atoms with Crippen molar-refractivity contribution in [2.45, 2.75) is 66.2 Å². The Balaban J connectivity index is 1.81. The van der Waals surface area contributed by atoms with Crippen LogP contribution in [0.5, 0.6) is 0 Å². The van der Waals surface area contributed by atoms with Gasteiger partial charge >= 0.3 is 0 Å². The van der Waals surface area contributed by atoms with Crippen molar-refractivity contribution in [3.05, 3.63) is 53.7 Å². The van der Waals surface area contributed by atoms with Crippen LogP contribution >= 0.6 is 0 Å². The van der Waals surface area contributed by atoms with Gasteiger partial charge in [-0.3, -0.25) is 0 Å². The number of nitrogens with zero attached hydrogens (tertiary/aromatic N) is 1. The molecule has 0 fully saturated rings. The number of benzene rings is 1. The minimum atomic E-state index is 0.780. The standard InChI is InChI=1S/C23H34N2/c1-18(2)7-5-9-20-11-14-22(15-12-20)25-23-16-13-21(17-24-23)10-6-8-19(3)4/h11-19H,5-10H2,1-4H3,(H,24,25). The van der Waals surface area contributed by atoms with E-state index in [1.165, 1.54) is 43.2 Å². The van der Waals surface area contributed by atoms with Crippen LogP contribution in [-0.2, 0) is 12.8 Å². The van der Waals surface area contributed by atoms with Crippen molar-refractivity contribution in [3.8, 4) is 0 Å². The van der Waals surface area contributed by atoms with Gasteiger partial charge in [-0.05, 0) is 66.8 Å². The van der Waals surface area contributed by atoms with Crippen molar-refractivity contribution in [1.29, 1.82) is 0 Å². The number of aromatic nitrogens is 1. The molecular weight excluding hydrogens is 304 g/mol. The Kier molecular flexibility index (Phi) is 7.97. The maximum Gasteiger partial charge on any atom is 0.130 e. The summed E-state index contributed by atoms with van der Waals surface area (Å²) in [7, 11) is 0. The number of aryl methyl sites for hydroxylation is 2.